The summed E-state index contributed by atoms with van der Waals surface area (Å²) in [5.41, 5.74) is 1.36. The highest BCUT2D eigenvalue weighted by molar-refractivity contribution is 7.92. The Labute approximate surface area is 228 Å². The fraction of sp³-hybridized carbons (Fsp3) is 0.481. The second-order valence-electron chi connectivity index (χ2n) is 10.2. The molecule has 1 aliphatic rings. The second-order valence-corrected chi connectivity index (χ2v) is 13.9. The third-order valence-electron chi connectivity index (χ3n) is 6.61. The van der Waals surface area contributed by atoms with Crippen LogP contribution >= 0.6 is 23.2 Å². The number of ether oxygens (including phenoxy) is 1. The number of hydrogen-bond donors (Lipinski definition) is 1. The van der Waals surface area contributed by atoms with Crippen molar-refractivity contribution in [2.45, 2.75) is 69.6 Å². The number of nitrogens with zero attached hydrogens (tertiary/aromatic N) is 1. The number of carbonyl (C=O) groups is 2. The summed E-state index contributed by atoms with van der Waals surface area (Å²) < 4.78 is 31.8. The van der Waals surface area contributed by atoms with Gasteiger partial charge >= 0.3 is 0 Å². The standard InChI is InChI=1S/C27H33Cl2NO6S/c1-5-21(16-37(34,35)27(2,3)4)30-24(17-9-11-19(28)12-10-17)25(18-7-6-8-20(29)13-18)36-23(26(30)33)14-22(32)15-31/h6-13,21,23-25,31H,5,14-16H2,1-4H3. The van der Waals surface area contributed by atoms with Gasteiger partial charge in [0.2, 0.25) is 0 Å². The quantitative estimate of drug-likeness (QED) is 0.458. The van der Waals surface area contributed by atoms with Crippen LogP contribution in [0.25, 0.3) is 0 Å². The fourth-order valence-electron chi connectivity index (χ4n) is 4.41. The molecule has 4 unspecified atom stereocenters. The highest BCUT2D eigenvalue weighted by Crippen LogP contribution is 2.45. The van der Waals surface area contributed by atoms with Crippen molar-refractivity contribution in [1.82, 2.24) is 4.90 Å². The van der Waals surface area contributed by atoms with E-state index in [4.69, 9.17) is 27.9 Å². The number of benzene rings is 2. The van der Waals surface area contributed by atoms with Crippen molar-refractivity contribution in [2.24, 2.45) is 0 Å². The summed E-state index contributed by atoms with van der Waals surface area (Å²) in [4.78, 5) is 27.7. The molecule has 10 heteroatoms. The molecule has 0 aromatic heterocycles. The van der Waals surface area contributed by atoms with Crippen molar-refractivity contribution < 1.29 is 27.9 Å². The smallest absolute Gasteiger partial charge is 0.253 e. The van der Waals surface area contributed by atoms with Crippen LogP contribution < -0.4 is 0 Å². The number of aliphatic hydroxyl groups excluding tert-OH is 1. The zero-order valence-corrected chi connectivity index (χ0v) is 23.7. The van der Waals surface area contributed by atoms with E-state index in [9.17, 15) is 23.1 Å². The van der Waals surface area contributed by atoms with Gasteiger partial charge in [-0.3, -0.25) is 9.59 Å². The van der Waals surface area contributed by atoms with Gasteiger partial charge in [-0.25, -0.2) is 8.42 Å². The normalized spacial score (nSPS) is 21.6. The Kier molecular flexibility index (Phi) is 9.46. The monoisotopic (exact) mass is 569 g/mol. The molecule has 2 aromatic carbocycles. The Bertz CT molecular complexity index is 1230. The zero-order valence-electron chi connectivity index (χ0n) is 21.4. The molecule has 7 nitrogen and oxygen atoms in total. The first-order valence-electron chi connectivity index (χ1n) is 12.1. The molecule has 1 aliphatic heterocycles. The summed E-state index contributed by atoms with van der Waals surface area (Å²) in [5.74, 6) is -1.31. The average Bonchev–Trinajstić information content (AvgIpc) is 2.83. The molecule has 0 spiro atoms. The fourth-order valence-corrected chi connectivity index (χ4v) is 6.14. The predicted molar refractivity (Wildman–Crippen MR) is 144 cm³/mol. The van der Waals surface area contributed by atoms with E-state index in [1.54, 1.807) is 68.1 Å². The van der Waals surface area contributed by atoms with E-state index in [-0.39, 0.29) is 12.2 Å². The Morgan fingerprint density at radius 3 is 2.27 bits per heavy atom. The summed E-state index contributed by atoms with van der Waals surface area (Å²) in [6, 6.07) is 12.5. The Hall–Kier alpha value is -1.97. The number of rotatable bonds is 9. The molecule has 1 N–H and O–H groups in total. The van der Waals surface area contributed by atoms with Gasteiger partial charge in [-0.1, -0.05) is 54.4 Å². The third-order valence-corrected chi connectivity index (χ3v) is 9.79. The van der Waals surface area contributed by atoms with E-state index in [1.807, 2.05) is 13.0 Å². The van der Waals surface area contributed by atoms with Crippen molar-refractivity contribution in [3.05, 3.63) is 69.7 Å². The number of morpholine rings is 1. The van der Waals surface area contributed by atoms with Gasteiger partial charge in [0.05, 0.1) is 16.5 Å². The minimum absolute atomic E-state index is 0.258. The molecule has 3 rings (SSSR count). The molecule has 2 aromatic rings. The SMILES string of the molecule is CCC(CS(=O)(=O)C(C)(C)C)N1C(=O)C(CC(=O)CO)OC(c2cccc(Cl)c2)C1c1ccc(Cl)cc1. The van der Waals surface area contributed by atoms with Crippen molar-refractivity contribution in [2.75, 3.05) is 12.4 Å². The third kappa shape index (κ3) is 6.73. The predicted octanol–water partition coefficient (Wildman–Crippen LogP) is 4.95. The number of Topliss-reactive ketones (excluding diaryl/α,β-unsaturated/α-hetero) is 1. The number of halogens is 2. The van der Waals surface area contributed by atoms with Crippen LogP contribution in [-0.2, 0) is 24.2 Å². The average molecular weight is 571 g/mol. The van der Waals surface area contributed by atoms with E-state index in [0.29, 0.717) is 27.6 Å². The van der Waals surface area contributed by atoms with Crippen LogP contribution in [0.3, 0.4) is 0 Å². The molecule has 0 bridgehead atoms. The topological polar surface area (TPSA) is 101 Å². The minimum atomic E-state index is -3.61. The van der Waals surface area contributed by atoms with Crippen LogP contribution in [0, 0.1) is 0 Å². The maximum Gasteiger partial charge on any atom is 0.253 e. The highest BCUT2D eigenvalue weighted by atomic mass is 35.5. The maximum atomic E-state index is 13.9. The highest BCUT2D eigenvalue weighted by Gasteiger charge is 2.48. The summed E-state index contributed by atoms with van der Waals surface area (Å²) in [7, 11) is -3.61. The Morgan fingerprint density at radius 2 is 1.73 bits per heavy atom. The lowest BCUT2D eigenvalue weighted by molar-refractivity contribution is -0.180. The van der Waals surface area contributed by atoms with E-state index in [0.717, 1.165) is 0 Å². The van der Waals surface area contributed by atoms with Gasteiger partial charge < -0.3 is 14.7 Å². The van der Waals surface area contributed by atoms with Crippen molar-refractivity contribution in [1.29, 1.82) is 0 Å². The van der Waals surface area contributed by atoms with Crippen LogP contribution in [0.2, 0.25) is 10.0 Å². The lowest BCUT2D eigenvalue weighted by atomic mass is 9.89. The van der Waals surface area contributed by atoms with Gasteiger partial charge in [0.25, 0.3) is 5.91 Å². The Balaban J connectivity index is 2.21. The molecule has 1 fully saturated rings. The summed E-state index contributed by atoms with van der Waals surface area (Å²) in [5, 5.41) is 10.3. The molecule has 1 amide bonds. The van der Waals surface area contributed by atoms with Gasteiger partial charge in [0.15, 0.2) is 15.6 Å². The molecule has 0 saturated carbocycles. The number of hydrogen-bond acceptors (Lipinski definition) is 6. The maximum absolute atomic E-state index is 13.9. The largest absolute Gasteiger partial charge is 0.389 e. The molecular weight excluding hydrogens is 537 g/mol. The van der Waals surface area contributed by atoms with Crippen LogP contribution in [0.15, 0.2) is 48.5 Å². The molecular formula is C27H33Cl2NO6S. The van der Waals surface area contributed by atoms with Gasteiger partial charge in [-0.15, -0.1) is 0 Å². The minimum Gasteiger partial charge on any atom is -0.389 e. The molecule has 37 heavy (non-hydrogen) atoms. The lowest BCUT2D eigenvalue weighted by Gasteiger charge is -2.48. The zero-order chi connectivity index (χ0) is 27.5. The molecule has 202 valence electrons. The van der Waals surface area contributed by atoms with Crippen LogP contribution in [0.4, 0.5) is 0 Å². The number of aliphatic hydroxyl groups is 1. The molecule has 4 atom stereocenters. The molecule has 0 radical (unpaired) electrons. The first-order chi connectivity index (χ1) is 17.3. The summed E-state index contributed by atoms with van der Waals surface area (Å²) in [6.45, 7) is 5.98. The van der Waals surface area contributed by atoms with Crippen LogP contribution in [0.1, 0.15) is 63.8 Å². The van der Waals surface area contributed by atoms with Gasteiger partial charge in [0, 0.05) is 22.5 Å². The summed E-state index contributed by atoms with van der Waals surface area (Å²) in [6.07, 6.45) is -1.94. The number of sulfone groups is 1. The number of carbonyl (C=O) groups excluding carboxylic acids is 2. The molecule has 1 saturated heterocycles. The lowest BCUT2D eigenvalue weighted by Crippen LogP contribution is -2.57. The first kappa shape index (κ1) is 29.6. The number of ketones is 1. The second kappa shape index (κ2) is 11.8. The van der Waals surface area contributed by atoms with E-state index >= 15 is 0 Å². The van der Waals surface area contributed by atoms with Crippen molar-refractivity contribution in [3.8, 4) is 0 Å². The van der Waals surface area contributed by atoms with E-state index in [1.165, 1.54) is 0 Å². The van der Waals surface area contributed by atoms with Crippen molar-refractivity contribution in [3.63, 3.8) is 0 Å². The Morgan fingerprint density at radius 1 is 1.08 bits per heavy atom. The van der Waals surface area contributed by atoms with Gasteiger partial charge in [-0.05, 0) is 62.6 Å². The van der Waals surface area contributed by atoms with Crippen LogP contribution in [-0.4, -0.2) is 59.4 Å². The molecule has 1 heterocycles. The first-order valence-corrected chi connectivity index (χ1v) is 14.5. The molecule has 0 aliphatic carbocycles. The van der Waals surface area contributed by atoms with Gasteiger partial charge in [0.1, 0.15) is 18.8 Å². The summed E-state index contributed by atoms with van der Waals surface area (Å²) >= 11 is 12.4. The van der Waals surface area contributed by atoms with E-state index < -0.39 is 57.2 Å². The van der Waals surface area contributed by atoms with E-state index in [2.05, 4.69) is 0 Å². The van der Waals surface area contributed by atoms with Crippen LogP contribution in [0.5, 0.6) is 0 Å². The van der Waals surface area contributed by atoms with Gasteiger partial charge in [-0.2, -0.15) is 0 Å². The number of amides is 1. The van der Waals surface area contributed by atoms with Crippen molar-refractivity contribution >= 4 is 44.7 Å².